The Balaban J connectivity index is 1.94. The first-order valence-corrected chi connectivity index (χ1v) is 8.68. The summed E-state index contributed by atoms with van der Waals surface area (Å²) < 4.78 is 32.0. The number of rotatable bonds is 3. The van der Waals surface area contributed by atoms with Gasteiger partial charge in [-0.05, 0) is 52.7 Å². The van der Waals surface area contributed by atoms with Crippen molar-refractivity contribution >= 4 is 18.5 Å². The van der Waals surface area contributed by atoms with Crippen LogP contribution in [0, 0.1) is 5.82 Å². The summed E-state index contributed by atoms with van der Waals surface area (Å²) in [6.45, 7) is 9.03. The predicted octanol–water partition coefficient (Wildman–Crippen LogP) is 2.37. The van der Waals surface area contributed by atoms with Crippen molar-refractivity contribution in [3.05, 3.63) is 23.5 Å². The van der Waals surface area contributed by atoms with E-state index < -0.39 is 24.1 Å². The number of carbonyl (C=O) groups excluding carboxylic acids is 1. The highest BCUT2D eigenvalue weighted by atomic mass is 19.1. The zero-order valence-corrected chi connectivity index (χ0v) is 15.5. The molecule has 2 saturated heterocycles. The Bertz CT molecular complexity index is 670. The highest BCUT2D eigenvalue weighted by Crippen LogP contribution is 2.37. The van der Waals surface area contributed by atoms with Gasteiger partial charge in [-0.25, -0.2) is 4.39 Å². The van der Waals surface area contributed by atoms with E-state index in [2.05, 4.69) is 0 Å². The molecule has 2 heterocycles. The van der Waals surface area contributed by atoms with Crippen LogP contribution in [0.3, 0.4) is 0 Å². The molecule has 5 nitrogen and oxygen atoms in total. The SMILES string of the molecule is COc1cc(B2OC(C)(C)C(C)(C)O2)c(F)cc1C(=O)N1CCCC1. The number of methoxy groups -OCH3 is 1. The van der Waals surface area contributed by atoms with Gasteiger partial charge in [0.25, 0.3) is 5.91 Å². The second-order valence-corrected chi connectivity index (χ2v) is 7.66. The van der Waals surface area contributed by atoms with Crippen LogP contribution >= 0.6 is 0 Å². The molecule has 0 radical (unpaired) electrons. The molecule has 1 amide bonds. The Morgan fingerprint density at radius 2 is 1.72 bits per heavy atom. The van der Waals surface area contributed by atoms with Gasteiger partial charge in [0.2, 0.25) is 0 Å². The third-order valence-corrected chi connectivity index (χ3v) is 5.45. The van der Waals surface area contributed by atoms with E-state index in [9.17, 15) is 9.18 Å². The molecule has 136 valence electrons. The maximum Gasteiger partial charge on any atom is 0.497 e. The van der Waals surface area contributed by atoms with E-state index in [1.54, 1.807) is 4.90 Å². The van der Waals surface area contributed by atoms with Crippen LogP contribution in [0.5, 0.6) is 5.75 Å². The normalized spacial score (nSPS) is 21.7. The third-order valence-electron chi connectivity index (χ3n) is 5.45. The van der Waals surface area contributed by atoms with Gasteiger partial charge in [-0.2, -0.15) is 0 Å². The van der Waals surface area contributed by atoms with E-state index in [4.69, 9.17) is 14.0 Å². The number of nitrogens with zero attached hydrogens (tertiary/aromatic N) is 1. The number of hydrogen-bond donors (Lipinski definition) is 0. The van der Waals surface area contributed by atoms with Crippen molar-refractivity contribution in [3.63, 3.8) is 0 Å². The van der Waals surface area contributed by atoms with E-state index in [1.807, 2.05) is 27.7 Å². The van der Waals surface area contributed by atoms with Crippen molar-refractivity contribution in [2.45, 2.75) is 51.7 Å². The summed E-state index contributed by atoms with van der Waals surface area (Å²) in [6.07, 6.45) is 1.95. The first-order chi connectivity index (χ1) is 11.7. The van der Waals surface area contributed by atoms with Gasteiger partial charge in [-0.3, -0.25) is 4.79 Å². The molecule has 2 fully saturated rings. The summed E-state index contributed by atoms with van der Waals surface area (Å²) in [7, 11) is 0.636. The van der Waals surface area contributed by atoms with E-state index in [-0.39, 0.29) is 16.9 Å². The highest BCUT2D eigenvalue weighted by Gasteiger charge is 2.52. The van der Waals surface area contributed by atoms with Crippen LogP contribution in [0.2, 0.25) is 0 Å². The first-order valence-electron chi connectivity index (χ1n) is 8.68. The van der Waals surface area contributed by atoms with Gasteiger partial charge in [0, 0.05) is 18.6 Å². The molecule has 0 aromatic heterocycles. The summed E-state index contributed by atoms with van der Waals surface area (Å²) in [5, 5.41) is 0. The Labute approximate surface area is 148 Å². The standard InChI is InChI=1S/C18H25BFNO4/c1-17(2)18(3,4)25-19(24-17)13-11-15(23-5)12(10-14(13)20)16(22)21-8-6-7-9-21/h10-11H,6-9H2,1-5H3. The molecule has 0 unspecified atom stereocenters. The molecule has 0 aliphatic carbocycles. The fourth-order valence-corrected chi connectivity index (χ4v) is 3.15. The molecule has 0 bridgehead atoms. The van der Waals surface area contributed by atoms with Gasteiger partial charge in [0.1, 0.15) is 11.6 Å². The van der Waals surface area contributed by atoms with Crippen LogP contribution < -0.4 is 10.2 Å². The lowest BCUT2D eigenvalue weighted by molar-refractivity contribution is 0.00578. The second-order valence-electron chi connectivity index (χ2n) is 7.66. The maximum absolute atomic E-state index is 14.8. The van der Waals surface area contributed by atoms with Gasteiger partial charge in [0.05, 0.1) is 23.9 Å². The van der Waals surface area contributed by atoms with Crippen LogP contribution in [-0.2, 0) is 9.31 Å². The molecule has 7 heteroatoms. The number of carbonyl (C=O) groups is 1. The number of likely N-dealkylation sites (tertiary alicyclic amines) is 1. The highest BCUT2D eigenvalue weighted by molar-refractivity contribution is 6.62. The number of hydrogen-bond acceptors (Lipinski definition) is 4. The van der Waals surface area contributed by atoms with Crippen LogP contribution in [0.4, 0.5) is 4.39 Å². The smallest absolute Gasteiger partial charge is 0.496 e. The third kappa shape index (κ3) is 3.15. The van der Waals surface area contributed by atoms with E-state index in [1.165, 1.54) is 19.2 Å². The largest absolute Gasteiger partial charge is 0.497 e. The lowest BCUT2D eigenvalue weighted by Gasteiger charge is -2.32. The molecular weight excluding hydrogens is 324 g/mol. The van der Waals surface area contributed by atoms with E-state index in [0.29, 0.717) is 18.8 Å². The van der Waals surface area contributed by atoms with Gasteiger partial charge in [-0.15, -0.1) is 0 Å². The monoisotopic (exact) mass is 349 g/mol. The molecule has 3 rings (SSSR count). The lowest BCUT2D eigenvalue weighted by atomic mass is 9.78. The van der Waals surface area contributed by atoms with Crippen LogP contribution in [0.1, 0.15) is 50.9 Å². The average molecular weight is 349 g/mol. The number of benzene rings is 1. The predicted molar refractivity (Wildman–Crippen MR) is 93.8 cm³/mol. The van der Waals surface area contributed by atoms with Gasteiger partial charge in [0.15, 0.2) is 0 Å². The topological polar surface area (TPSA) is 48.0 Å². The van der Waals surface area contributed by atoms with Crippen molar-refractivity contribution in [1.82, 2.24) is 4.90 Å². The van der Waals surface area contributed by atoms with Crippen molar-refractivity contribution in [2.24, 2.45) is 0 Å². The summed E-state index contributed by atoms with van der Waals surface area (Å²) >= 11 is 0. The zero-order chi connectivity index (χ0) is 18.4. The summed E-state index contributed by atoms with van der Waals surface area (Å²) in [4.78, 5) is 14.4. The second kappa shape index (κ2) is 6.29. The molecule has 2 aliphatic rings. The minimum atomic E-state index is -0.838. The van der Waals surface area contributed by atoms with Crippen molar-refractivity contribution in [3.8, 4) is 5.75 Å². The Morgan fingerprint density at radius 3 is 2.24 bits per heavy atom. The number of halogens is 1. The minimum Gasteiger partial charge on any atom is -0.496 e. The quantitative estimate of drug-likeness (QED) is 0.787. The average Bonchev–Trinajstić information content (AvgIpc) is 3.13. The Kier molecular flexibility index (Phi) is 4.58. The molecule has 0 atom stereocenters. The first kappa shape index (κ1) is 18.2. The summed E-state index contributed by atoms with van der Waals surface area (Å²) in [5.74, 6) is -0.390. The Hall–Kier alpha value is -1.60. The van der Waals surface area contributed by atoms with Gasteiger partial charge >= 0.3 is 7.12 Å². The fourth-order valence-electron chi connectivity index (χ4n) is 3.15. The van der Waals surface area contributed by atoms with Gasteiger partial charge < -0.3 is 18.9 Å². The Morgan fingerprint density at radius 1 is 1.16 bits per heavy atom. The minimum absolute atomic E-state index is 0.200. The summed E-state index contributed by atoms with van der Waals surface area (Å²) in [5.41, 5.74) is -0.654. The van der Waals surface area contributed by atoms with Crippen molar-refractivity contribution in [1.29, 1.82) is 0 Å². The molecule has 0 saturated carbocycles. The number of amides is 1. The maximum atomic E-state index is 14.8. The van der Waals surface area contributed by atoms with Crippen molar-refractivity contribution in [2.75, 3.05) is 20.2 Å². The lowest BCUT2D eigenvalue weighted by Crippen LogP contribution is -2.41. The van der Waals surface area contributed by atoms with E-state index >= 15 is 0 Å². The number of ether oxygens (including phenoxy) is 1. The van der Waals surface area contributed by atoms with E-state index in [0.717, 1.165) is 12.8 Å². The molecule has 0 N–H and O–H groups in total. The van der Waals surface area contributed by atoms with Crippen LogP contribution in [0.15, 0.2) is 12.1 Å². The molecule has 25 heavy (non-hydrogen) atoms. The van der Waals surface area contributed by atoms with Crippen LogP contribution in [-0.4, -0.2) is 49.3 Å². The molecule has 1 aromatic carbocycles. The molecule has 0 spiro atoms. The zero-order valence-electron chi connectivity index (χ0n) is 15.5. The fraction of sp³-hybridized carbons (Fsp3) is 0.611. The molecule has 1 aromatic rings. The summed E-state index contributed by atoms with van der Waals surface area (Å²) in [6, 6.07) is 2.75. The molecule has 2 aliphatic heterocycles. The van der Waals surface area contributed by atoms with Crippen LogP contribution in [0.25, 0.3) is 0 Å². The van der Waals surface area contributed by atoms with Gasteiger partial charge in [-0.1, -0.05) is 0 Å². The molecular formula is C18H25BFNO4. The van der Waals surface area contributed by atoms with Crippen molar-refractivity contribution < 1.29 is 23.2 Å².